The molecule has 0 bridgehead atoms. The Kier molecular flexibility index (Phi) is 5.95. The van der Waals surface area contributed by atoms with Crippen LogP contribution in [-0.4, -0.2) is 46.6 Å². The zero-order valence-corrected chi connectivity index (χ0v) is 16.6. The molecule has 1 aliphatic carbocycles. The molecule has 0 spiro atoms. The van der Waals surface area contributed by atoms with Crippen molar-refractivity contribution in [3.63, 3.8) is 0 Å². The maximum Gasteiger partial charge on any atom is 0.220 e. The van der Waals surface area contributed by atoms with Gasteiger partial charge in [0.2, 0.25) is 5.91 Å². The number of para-hydroxylation sites is 1. The maximum absolute atomic E-state index is 11.7. The Morgan fingerprint density at radius 1 is 1.29 bits per heavy atom. The Morgan fingerprint density at radius 3 is 3.00 bits per heavy atom. The van der Waals surface area contributed by atoms with Crippen molar-refractivity contribution in [1.29, 1.82) is 0 Å². The van der Waals surface area contributed by atoms with E-state index < -0.39 is 0 Å². The molecule has 1 aromatic heterocycles. The van der Waals surface area contributed by atoms with Crippen molar-refractivity contribution in [2.45, 2.75) is 44.8 Å². The normalized spacial score (nSPS) is 24.2. The summed E-state index contributed by atoms with van der Waals surface area (Å²) in [6, 6.07) is 8.89. The van der Waals surface area contributed by atoms with Gasteiger partial charge in [-0.15, -0.1) is 0 Å². The second-order valence-electron chi connectivity index (χ2n) is 8.18. The van der Waals surface area contributed by atoms with Crippen LogP contribution in [0.1, 0.15) is 31.2 Å². The van der Waals surface area contributed by atoms with Gasteiger partial charge in [-0.3, -0.25) is 9.69 Å². The molecule has 28 heavy (non-hydrogen) atoms. The minimum Gasteiger partial charge on any atom is -0.493 e. The lowest BCUT2D eigenvalue weighted by Crippen LogP contribution is -2.38. The summed E-state index contributed by atoms with van der Waals surface area (Å²) in [5.74, 6) is 2.39. The third-order valence-electron chi connectivity index (χ3n) is 6.22. The molecule has 2 aliphatic rings. The predicted octanol–water partition coefficient (Wildman–Crippen LogP) is 2.70. The molecular weight excluding hydrogens is 352 g/mol. The van der Waals surface area contributed by atoms with E-state index in [1.54, 1.807) is 6.20 Å². The maximum atomic E-state index is 11.7. The second-order valence-corrected chi connectivity index (χ2v) is 8.18. The highest BCUT2D eigenvalue weighted by atomic mass is 16.5. The largest absolute Gasteiger partial charge is 0.493 e. The molecule has 6 heteroatoms. The van der Waals surface area contributed by atoms with E-state index in [1.165, 1.54) is 12.0 Å². The zero-order chi connectivity index (χ0) is 19.3. The van der Waals surface area contributed by atoms with Gasteiger partial charge in [-0.25, -0.2) is 4.98 Å². The number of imidazole rings is 1. The molecule has 2 fully saturated rings. The molecule has 150 valence electrons. The second kappa shape index (κ2) is 8.78. The van der Waals surface area contributed by atoms with Crippen molar-refractivity contribution in [2.24, 2.45) is 11.8 Å². The number of benzene rings is 1. The van der Waals surface area contributed by atoms with Gasteiger partial charge < -0.3 is 14.6 Å². The first kappa shape index (κ1) is 19.0. The minimum atomic E-state index is 0.221. The van der Waals surface area contributed by atoms with Crippen molar-refractivity contribution in [1.82, 2.24) is 19.8 Å². The molecule has 0 unspecified atom stereocenters. The number of nitrogens with one attached hydrogen (secondary N) is 1. The van der Waals surface area contributed by atoms with Gasteiger partial charge in [0, 0.05) is 50.1 Å². The Labute approximate surface area is 166 Å². The summed E-state index contributed by atoms with van der Waals surface area (Å²) in [7, 11) is 2.20. The van der Waals surface area contributed by atoms with E-state index in [2.05, 4.69) is 45.0 Å². The SMILES string of the molecule is CN(Cc1ccccc1OCCCn1ccnc1)[C@H]1C[C@H]2CNC(=O)C[C@H]2C1. The number of carbonyl (C=O) groups is 1. The molecule has 4 rings (SSSR count). The van der Waals surface area contributed by atoms with Gasteiger partial charge in [0.05, 0.1) is 12.9 Å². The molecule has 1 amide bonds. The fourth-order valence-corrected chi connectivity index (χ4v) is 4.62. The number of rotatable bonds is 8. The van der Waals surface area contributed by atoms with Crippen LogP contribution in [0.4, 0.5) is 0 Å². The monoisotopic (exact) mass is 382 g/mol. The number of aryl methyl sites for hydroxylation is 1. The van der Waals surface area contributed by atoms with Crippen LogP contribution in [0.15, 0.2) is 43.0 Å². The average Bonchev–Trinajstić information content (AvgIpc) is 3.35. The van der Waals surface area contributed by atoms with E-state index in [0.717, 1.165) is 38.2 Å². The third-order valence-corrected chi connectivity index (χ3v) is 6.22. The molecule has 1 N–H and O–H groups in total. The molecule has 2 heterocycles. The summed E-state index contributed by atoms with van der Waals surface area (Å²) in [5.41, 5.74) is 1.23. The fourth-order valence-electron chi connectivity index (χ4n) is 4.62. The Bertz CT molecular complexity index is 777. The first-order valence-electron chi connectivity index (χ1n) is 10.3. The number of aromatic nitrogens is 2. The van der Waals surface area contributed by atoms with Crippen LogP contribution in [0.5, 0.6) is 5.75 Å². The summed E-state index contributed by atoms with van der Waals surface area (Å²) < 4.78 is 8.16. The van der Waals surface area contributed by atoms with E-state index in [1.807, 2.05) is 18.6 Å². The molecule has 0 radical (unpaired) electrons. The Balaban J connectivity index is 1.30. The highest BCUT2D eigenvalue weighted by Gasteiger charge is 2.39. The van der Waals surface area contributed by atoms with Crippen LogP contribution in [-0.2, 0) is 17.9 Å². The van der Waals surface area contributed by atoms with Crippen molar-refractivity contribution >= 4 is 5.91 Å². The molecule has 6 nitrogen and oxygen atoms in total. The number of nitrogens with zero attached hydrogens (tertiary/aromatic N) is 3. The average molecular weight is 383 g/mol. The van der Waals surface area contributed by atoms with E-state index in [4.69, 9.17) is 4.74 Å². The van der Waals surface area contributed by atoms with Crippen LogP contribution in [0.3, 0.4) is 0 Å². The summed E-state index contributed by atoms with van der Waals surface area (Å²) in [5, 5.41) is 3.03. The smallest absolute Gasteiger partial charge is 0.220 e. The van der Waals surface area contributed by atoms with Crippen molar-refractivity contribution < 1.29 is 9.53 Å². The van der Waals surface area contributed by atoms with Crippen molar-refractivity contribution in [2.75, 3.05) is 20.2 Å². The van der Waals surface area contributed by atoms with Crippen LogP contribution < -0.4 is 10.1 Å². The standard InChI is InChI=1S/C22H30N4O2/c1-25(20-11-18-13-22(27)24-14-19(18)12-20)15-17-5-2-3-6-21(17)28-10-4-8-26-9-7-23-16-26/h2-3,5-7,9,16,18-20H,4,8,10-15H2,1H3,(H,24,27)/t18-,19+,20-/m1/s1. The number of hydrogen-bond donors (Lipinski definition) is 1. The van der Waals surface area contributed by atoms with Crippen LogP contribution in [0.25, 0.3) is 0 Å². The zero-order valence-electron chi connectivity index (χ0n) is 16.6. The van der Waals surface area contributed by atoms with Crippen LogP contribution in [0.2, 0.25) is 0 Å². The molecule has 1 aliphatic heterocycles. The molecular formula is C22H30N4O2. The van der Waals surface area contributed by atoms with Crippen LogP contribution in [0, 0.1) is 11.8 Å². The van der Waals surface area contributed by atoms with Gasteiger partial charge in [0.25, 0.3) is 0 Å². The summed E-state index contributed by atoms with van der Waals surface area (Å²) in [6.07, 6.45) is 9.57. The van der Waals surface area contributed by atoms with E-state index >= 15 is 0 Å². The number of piperidine rings is 1. The lowest BCUT2D eigenvalue weighted by molar-refractivity contribution is -0.124. The highest BCUT2D eigenvalue weighted by Crippen LogP contribution is 2.38. The molecule has 3 atom stereocenters. The van der Waals surface area contributed by atoms with Crippen molar-refractivity contribution in [3.05, 3.63) is 48.5 Å². The minimum absolute atomic E-state index is 0.221. The van der Waals surface area contributed by atoms with Gasteiger partial charge in [0.1, 0.15) is 5.75 Å². The highest BCUT2D eigenvalue weighted by molar-refractivity contribution is 5.77. The van der Waals surface area contributed by atoms with E-state index in [9.17, 15) is 4.79 Å². The fraction of sp³-hybridized carbons (Fsp3) is 0.545. The topological polar surface area (TPSA) is 59.4 Å². The van der Waals surface area contributed by atoms with Crippen LogP contribution >= 0.6 is 0 Å². The van der Waals surface area contributed by atoms with Gasteiger partial charge in [0.15, 0.2) is 0 Å². The van der Waals surface area contributed by atoms with E-state index in [-0.39, 0.29) is 5.91 Å². The molecule has 2 aromatic rings. The summed E-state index contributed by atoms with van der Waals surface area (Å²) >= 11 is 0. The number of ether oxygens (including phenoxy) is 1. The predicted molar refractivity (Wildman–Crippen MR) is 108 cm³/mol. The number of amides is 1. The van der Waals surface area contributed by atoms with Crippen molar-refractivity contribution in [3.8, 4) is 5.75 Å². The molecule has 1 saturated heterocycles. The third kappa shape index (κ3) is 4.55. The summed E-state index contributed by atoms with van der Waals surface area (Å²) in [6.45, 7) is 3.34. The molecule has 1 aromatic carbocycles. The van der Waals surface area contributed by atoms with Gasteiger partial charge in [-0.2, -0.15) is 0 Å². The Hall–Kier alpha value is -2.34. The quantitative estimate of drug-likeness (QED) is 0.713. The van der Waals surface area contributed by atoms with E-state index in [0.29, 0.717) is 30.9 Å². The van der Waals surface area contributed by atoms with Gasteiger partial charge in [-0.05, 0) is 44.2 Å². The summed E-state index contributed by atoms with van der Waals surface area (Å²) in [4.78, 5) is 18.2. The molecule has 1 saturated carbocycles. The number of carbonyl (C=O) groups excluding carboxylic acids is 1. The van der Waals surface area contributed by atoms with Gasteiger partial charge in [-0.1, -0.05) is 18.2 Å². The Morgan fingerprint density at radius 2 is 2.14 bits per heavy atom. The number of fused-ring (bicyclic) bond motifs is 1. The number of hydrogen-bond acceptors (Lipinski definition) is 4. The lowest BCUT2D eigenvalue weighted by atomic mass is 9.89. The lowest BCUT2D eigenvalue weighted by Gasteiger charge is -2.25. The first-order valence-corrected chi connectivity index (χ1v) is 10.3. The first-order chi connectivity index (χ1) is 13.7. The van der Waals surface area contributed by atoms with Gasteiger partial charge >= 0.3 is 0 Å².